The number of aromatic nitrogens is 2. The highest BCUT2D eigenvalue weighted by Gasteiger charge is 2.14. The SMILES string of the molecule is NCCC(=O)c1cn[nH]c1-c1ccc(F)cc1. The van der Waals surface area contributed by atoms with E-state index in [1.165, 1.54) is 18.3 Å². The van der Waals surface area contributed by atoms with Crippen LogP contribution in [0.5, 0.6) is 0 Å². The lowest BCUT2D eigenvalue weighted by Gasteiger charge is -2.01. The molecule has 0 bridgehead atoms. The molecule has 3 N–H and O–H groups in total. The lowest BCUT2D eigenvalue weighted by Crippen LogP contribution is -2.08. The number of hydrogen-bond acceptors (Lipinski definition) is 3. The van der Waals surface area contributed by atoms with Crippen molar-refractivity contribution < 1.29 is 9.18 Å². The highest BCUT2D eigenvalue weighted by atomic mass is 19.1. The van der Waals surface area contributed by atoms with Gasteiger partial charge in [-0.2, -0.15) is 5.10 Å². The summed E-state index contributed by atoms with van der Waals surface area (Å²) in [4.78, 5) is 11.8. The molecule has 0 unspecified atom stereocenters. The lowest BCUT2D eigenvalue weighted by molar-refractivity contribution is 0.0986. The van der Waals surface area contributed by atoms with E-state index in [4.69, 9.17) is 5.73 Å². The van der Waals surface area contributed by atoms with Gasteiger partial charge in [0.25, 0.3) is 0 Å². The van der Waals surface area contributed by atoms with Gasteiger partial charge >= 0.3 is 0 Å². The summed E-state index contributed by atoms with van der Waals surface area (Å²) in [5.74, 6) is -0.385. The molecule has 2 rings (SSSR count). The number of H-pyrrole nitrogens is 1. The summed E-state index contributed by atoms with van der Waals surface area (Å²) in [5.41, 5.74) is 7.16. The Morgan fingerprint density at radius 2 is 2.06 bits per heavy atom. The molecule has 1 aromatic carbocycles. The Hall–Kier alpha value is -2.01. The van der Waals surface area contributed by atoms with Crippen LogP contribution in [0.4, 0.5) is 4.39 Å². The fraction of sp³-hybridized carbons (Fsp3) is 0.167. The number of rotatable bonds is 4. The summed E-state index contributed by atoms with van der Waals surface area (Å²) in [6.45, 7) is 0.298. The van der Waals surface area contributed by atoms with Crippen molar-refractivity contribution in [1.82, 2.24) is 10.2 Å². The largest absolute Gasteiger partial charge is 0.330 e. The maximum Gasteiger partial charge on any atom is 0.167 e. The van der Waals surface area contributed by atoms with Gasteiger partial charge < -0.3 is 5.73 Å². The maximum absolute atomic E-state index is 12.8. The second-order valence-corrected chi connectivity index (χ2v) is 3.63. The predicted octanol–water partition coefficient (Wildman–Crippen LogP) is 1.75. The van der Waals surface area contributed by atoms with Crippen molar-refractivity contribution in [3.8, 4) is 11.3 Å². The molecular weight excluding hydrogens is 221 g/mol. The fourth-order valence-electron chi connectivity index (χ4n) is 1.60. The molecule has 0 aliphatic rings. The van der Waals surface area contributed by atoms with Crippen molar-refractivity contribution in [3.63, 3.8) is 0 Å². The van der Waals surface area contributed by atoms with E-state index in [0.29, 0.717) is 17.8 Å². The van der Waals surface area contributed by atoms with Crippen LogP contribution in [-0.2, 0) is 0 Å². The first-order chi connectivity index (χ1) is 8.22. The van der Waals surface area contributed by atoms with E-state index in [1.54, 1.807) is 12.1 Å². The van der Waals surface area contributed by atoms with E-state index in [0.717, 1.165) is 5.56 Å². The van der Waals surface area contributed by atoms with Crippen LogP contribution in [0.3, 0.4) is 0 Å². The summed E-state index contributed by atoms with van der Waals surface area (Å²) in [5, 5.41) is 6.59. The molecule has 1 heterocycles. The van der Waals surface area contributed by atoms with E-state index in [1.807, 2.05) is 0 Å². The Balaban J connectivity index is 2.36. The number of carbonyl (C=O) groups excluding carboxylic acids is 1. The minimum Gasteiger partial charge on any atom is -0.330 e. The fourth-order valence-corrected chi connectivity index (χ4v) is 1.60. The number of benzene rings is 1. The topological polar surface area (TPSA) is 71.8 Å². The molecule has 1 aromatic heterocycles. The number of nitrogens with zero attached hydrogens (tertiary/aromatic N) is 1. The molecule has 0 amide bonds. The molecule has 0 radical (unpaired) electrons. The van der Waals surface area contributed by atoms with Crippen LogP contribution >= 0.6 is 0 Å². The lowest BCUT2D eigenvalue weighted by atomic mass is 10.0. The van der Waals surface area contributed by atoms with E-state index >= 15 is 0 Å². The molecule has 0 saturated heterocycles. The van der Waals surface area contributed by atoms with Gasteiger partial charge in [-0.25, -0.2) is 4.39 Å². The van der Waals surface area contributed by atoms with Crippen LogP contribution in [0.2, 0.25) is 0 Å². The zero-order chi connectivity index (χ0) is 12.3. The molecule has 0 spiro atoms. The number of halogens is 1. The molecule has 2 aromatic rings. The second kappa shape index (κ2) is 4.88. The van der Waals surface area contributed by atoms with Crippen molar-refractivity contribution in [2.75, 3.05) is 6.54 Å². The monoisotopic (exact) mass is 233 g/mol. The minimum atomic E-state index is -0.317. The van der Waals surface area contributed by atoms with Crippen molar-refractivity contribution in [1.29, 1.82) is 0 Å². The highest BCUT2D eigenvalue weighted by molar-refractivity contribution is 6.01. The van der Waals surface area contributed by atoms with E-state index < -0.39 is 0 Å². The number of hydrogen-bond donors (Lipinski definition) is 2. The molecule has 88 valence electrons. The molecule has 17 heavy (non-hydrogen) atoms. The minimum absolute atomic E-state index is 0.0689. The second-order valence-electron chi connectivity index (χ2n) is 3.63. The van der Waals surface area contributed by atoms with Gasteiger partial charge in [0.15, 0.2) is 5.78 Å². The summed E-state index contributed by atoms with van der Waals surface area (Å²) in [6, 6.07) is 5.88. The molecule has 0 aliphatic carbocycles. The Morgan fingerprint density at radius 3 is 2.71 bits per heavy atom. The number of nitrogens with two attached hydrogens (primary N) is 1. The predicted molar refractivity (Wildman–Crippen MR) is 62.0 cm³/mol. The van der Waals surface area contributed by atoms with Gasteiger partial charge in [-0.3, -0.25) is 9.89 Å². The highest BCUT2D eigenvalue weighted by Crippen LogP contribution is 2.22. The third kappa shape index (κ3) is 2.39. The zero-order valence-electron chi connectivity index (χ0n) is 9.11. The number of nitrogens with one attached hydrogen (secondary N) is 1. The third-order valence-corrected chi connectivity index (χ3v) is 2.44. The van der Waals surface area contributed by atoms with Crippen molar-refractivity contribution >= 4 is 5.78 Å². The van der Waals surface area contributed by atoms with E-state index in [2.05, 4.69) is 10.2 Å². The molecule has 0 aliphatic heterocycles. The smallest absolute Gasteiger partial charge is 0.167 e. The van der Waals surface area contributed by atoms with E-state index in [-0.39, 0.29) is 18.0 Å². The Kier molecular flexibility index (Phi) is 3.30. The summed E-state index contributed by atoms with van der Waals surface area (Å²) < 4.78 is 12.8. The standard InChI is InChI=1S/C12H12FN3O/c13-9-3-1-8(2-4-9)12-10(7-15-16-12)11(17)5-6-14/h1-4,7H,5-6,14H2,(H,15,16). The van der Waals surface area contributed by atoms with Gasteiger partial charge in [0.05, 0.1) is 17.5 Å². The van der Waals surface area contributed by atoms with Gasteiger partial charge in [-0.1, -0.05) is 0 Å². The van der Waals surface area contributed by atoms with Gasteiger partial charge in [0, 0.05) is 12.0 Å². The molecule has 5 heteroatoms. The average molecular weight is 233 g/mol. The first kappa shape index (κ1) is 11.5. The Morgan fingerprint density at radius 1 is 1.35 bits per heavy atom. The maximum atomic E-state index is 12.8. The number of Topliss-reactive ketones (excluding diaryl/α,β-unsaturated/α-hetero) is 1. The number of ketones is 1. The van der Waals surface area contributed by atoms with Gasteiger partial charge in [-0.15, -0.1) is 0 Å². The van der Waals surface area contributed by atoms with Crippen LogP contribution in [0.15, 0.2) is 30.5 Å². The molecular formula is C12H12FN3O. The third-order valence-electron chi connectivity index (χ3n) is 2.44. The Labute approximate surface area is 97.6 Å². The van der Waals surface area contributed by atoms with Gasteiger partial charge in [0.2, 0.25) is 0 Å². The normalized spacial score (nSPS) is 10.5. The van der Waals surface area contributed by atoms with Crippen molar-refractivity contribution in [3.05, 3.63) is 41.8 Å². The quantitative estimate of drug-likeness (QED) is 0.790. The van der Waals surface area contributed by atoms with Crippen LogP contribution in [0, 0.1) is 5.82 Å². The molecule has 0 saturated carbocycles. The number of aromatic amines is 1. The van der Waals surface area contributed by atoms with E-state index in [9.17, 15) is 9.18 Å². The zero-order valence-corrected chi connectivity index (χ0v) is 9.11. The molecule has 4 nitrogen and oxygen atoms in total. The van der Waals surface area contributed by atoms with Crippen LogP contribution in [0.25, 0.3) is 11.3 Å². The van der Waals surface area contributed by atoms with Gasteiger partial charge in [-0.05, 0) is 30.8 Å². The molecule has 0 fully saturated rings. The first-order valence-electron chi connectivity index (χ1n) is 5.25. The number of carbonyl (C=O) groups is 1. The van der Waals surface area contributed by atoms with Gasteiger partial charge in [0.1, 0.15) is 5.82 Å². The summed E-state index contributed by atoms with van der Waals surface area (Å²) in [6.07, 6.45) is 1.74. The molecule has 0 atom stereocenters. The average Bonchev–Trinajstić information content (AvgIpc) is 2.79. The Bertz CT molecular complexity index is 519. The van der Waals surface area contributed by atoms with Crippen molar-refractivity contribution in [2.24, 2.45) is 5.73 Å². The first-order valence-corrected chi connectivity index (χ1v) is 5.25. The van der Waals surface area contributed by atoms with Crippen molar-refractivity contribution in [2.45, 2.75) is 6.42 Å². The summed E-state index contributed by atoms with van der Waals surface area (Å²) >= 11 is 0. The van der Waals surface area contributed by atoms with Crippen LogP contribution < -0.4 is 5.73 Å². The van der Waals surface area contributed by atoms with Crippen LogP contribution in [0.1, 0.15) is 16.8 Å². The van der Waals surface area contributed by atoms with Crippen LogP contribution in [-0.4, -0.2) is 22.5 Å². The summed E-state index contributed by atoms with van der Waals surface area (Å²) in [7, 11) is 0.